The van der Waals surface area contributed by atoms with E-state index in [-0.39, 0.29) is 5.69 Å². The molecule has 0 radical (unpaired) electrons. The Hall–Kier alpha value is -3.07. The fraction of sp³-hybridized carbons (Fsp3) is 0.263. The molecule has 1 N–H and O–H groups in total. The van der Waals surface area contributed by atoms with Crippen LogP contribution in [-0.4, -0.2) is 35.8 Å². The van der Waals surface area contributed by atoms with Gasteiger partial charge in [0, 0.05) is 17.0 Å². The van der Waals surface area contributed by atoms with Crippen LogP contribution in [-0.2, 0) is 14.3 Å². The summed E-state index contributed by atoms with van der Waals surface area (Å²) in [4.78, 5) is 35.0. The predicted octanol–water partition coefficient (Wildman–Crippen LogP) is 3.57. The second-order valence-corrected chi connectivity index (χ2v) is 7.28. The minimum absolute atomic E-state index is 0.0252. The summed E-state index contributed by atoms with van der Waals surface area (Å²) < 4.78 is 10.2. The Bertz CT molecular complexity index is 869. The first-order valence-corrected chi connectivity index (χ1v) is 9.20. The normalized spacial score (nSPS) is 11.4. The van der Waals surface area contributed by atoms with Crippen molar-refractivity contribution >= 4 is 35.0 Å². The van der Waals surface area contributed by atoms with Gasteiger partial charge in [0.05, 0.1) is 17.7 Å². The fourth-order valence-corrected chi connectivity index (χ4v) is 3.12. The molecule has 2 aromatic carbocycles. The van der Waals surface area contributed by atoms with Gasteiger partial charge in [0.25, 0.3) is 11.6 Å². The quantitative estimate of drug-likeness (QED) is 0.310. The third-order valence-corrected chi connectivity index (χ3v) is 4.76. The summed E-state index contributed by atoms with van der Waals surface area (Å²) in [6, 6.07) is 11.2. The molecule has 0 heterocycles. The molecule has 0 aliphatic carbocycles. The molecule has 0 fully saturated rings. The zero-order chi connectivity index (χ0) is 20.7. The van der Waals surface area contributed by atoms with Gasteiger partial charge in [-0.3, -0.25) is 19.7 Å². The van der Waals surface area contributed by atoms with Crippen LogP contribution < -0.4 is 10.1 Å². The van der Waals surface area contributed by atoms with E-state index in [2.05, 4.69) is 5.32 Å². The lowest BCUT2D eigenvalue weighted by Gasteiger charge is -2.13. The Morgan fingerprint density at radius 3 is 2.50 bits per heavy atom. The van der Waals surface area contributed by atoms with Crippen molar-refractivity contribution in [3.05, 3.63) is 58.1 Å². The predicted molar refractivity (Wildman–Crippen MR) is 106 cm³/mol. The maximum absolute atomic E-state index is 12.1. The van der Waals surface area contributed by atoms with E-state index in [1.165, 1.54) is 31.0 Å². The zero-order valence-corrected chi connectivity index (χ0v) is 16.4. The molecule has 2 aromatic rings. The molecule has 0 aromatic heterocycles. The molecule has 0 bridgehead atoms. The molecule has 9 heteroatoms. The number of aryl methyl sites for hydroxylation is 1. The Morgan fingerprint density at radius 1 is 1.21 bits per heavy atom. The highest BCUT2D eigenvalue weighted by Gasteiger charge is 2.18. The minimum Gasteiger partial charge on any atom is -0.495 e. The van der Waals surface area contributed by atoms with Crippen molar-refractivity contribution < 1.29 is 24.0 Å². The number of hydrogen-bond donors (Lipinski definition) is 1. The van der Waals surface area contributed by atoms with Crippen molar-refractivity contribution in [3.63, 3.8) is 0 Å². The van der Waals surface area contributed by atoms with E-state index in [0.717, 1.165) is 5.56 Å². The van der Waals surface area contributed by atoms with Gasteiger partial charge in [0.1, 0.15) is 11.0 Å². The molecule has 0 unspecified atom stereocenters. The number of ether oxygens (including phenoxy) is 2. The second kappa shape index (κ2) is 9.75. The number of nitro groups is 1. The number of nitrogens with one attached hydrogen (secondary N) is 1. The van der Waals surface area contributed by atoms with Crippen molar-refractivity contribution in [3.8, 4) is 5.75 Å². The van der Waals surface area contributed by atoms with Gasteiger partial charge in [-0.2, -0.15) is 0 Å². The van der Waals surface area contributed by atoms with Crippen molar-refractivity contribution in [2.24, 2.45) is 0 Å². The summed E-state index contributed by atoms with van der Waals surface area (Å²) in [7, 11) is 1.50. The van der Waals surface area contributed by atoms with Gasteiger partial charge in [-0.1, -0.05) is 6.07 Å². The first-order chi connectivity index (χ1) is 13.3. The van der Waals surface area contributed by atoms with Crippen molar-refractivity contribution in [1.82, 2.24) is 0 Å². The number of nitro benzene ring substituents is 1. The third kappa shape index (κ3) is 5.98. The molecule has 1 atom stereocenters. The van der Waals surface area contributed by atoms with Crippen LogP contribution in [0.1, 0.15) is 12.5 Å². The zero-order valence-electron chi connectivity index (χ0n) is 15.6. The monoisotopic (exact) mass is 404 g/mol. The Morgan fingerprint density at radius 2 is 1.89 bits per heavy atom. The van der Waals surface area contributed by atoms with E-state index in [1.807, 2.05) is 13.0 Å². The lowest BCUT2D eigenvalue weighted by Crippen LogP contribution is -2.25. The summed E-state index contributed by atoms with van der Waals surface area (Å²) in [6.45, 7) is 3.09. The van der Waals surface area contributed by atoms with Gasteiger partial charge in [-0.25, -0.2) is 0 Å². The minimum atomic E-state index is -0.581. The largest absolute Gasteiger partial charge is 0.495 e. The third-order valence-electron chi connectivity index (χ3n) is 3.67. The number of thioether (sulfide) groups is 1. The number of methoxy groups -OCH3 is 1. The van der Waals surface area contributed by atoms with Crippen molar-refractivity contribution in [1.29, 1.82) is 0 Å². The molecule has 0 aliphatic rings. The molecule has 0 saturated heterocycles. The van der Waals surface area contributed by atoms with Gasteiger partial charge in [-0.05, 0) is 43.7 Å². The van der Waals surface area contributed by atoms with Crippen LogP contribution in [0.3, 0.4) is 0 Å². The van der Waals surface area contributed by atoms with Crippen molar-refractivity contribution in [2.45, 2.75) is 24.0 Å². The summed E-state index contributed by atoms with van der Waals surface area (Å²) >= 11 is 1.19. The summed E-state index contributed by atoms with van der Waals surface area (Å²) in [5, 5.41) is 12.7. The van der Waals surface area contributed by atoms with Crippen LogP contribution in [0.4, 0.5) is 11.4 Å². The number of amides is 1. The molecule has 0 saturated carbocycles. The maximum atomic E-state index is 12.1. The molecule has 0 spiro atoms. The van der Waals surface area contributed by atoms with E-state index in [9.17, 15) is 19.7 Å². The Balaban J connectivity index is 1.86. The number of carbonyl (C=O) groups is 2. The molecular formula is C19H20N2O6S. The van der Waals surface area contributed by atoms with Crippen LogP contribution >= 0.6 is 11.8 Å². The molecule has 28 heavy (non-hydrogen) atoms. The maximum Gasteiger partial charge on any atom is 0.319 e. The van der Waals surface area contributed by atoms with Crippen molar-refractivity contribution in [2.75, 3.05) is 19.0 Å². The Kier molecular flexibility index (Phi) is 7.39. The molecule has 148 valence electrons. The van der Waals surface area contributed by atoms with Gasteiger partial charge >= 0.3 is 5.97 Å². The number of hydrogen-bond acceptors (Lipinski definition) is 7. The standard InChI is InChI=1S/C19H20N2O6S/c1-12-4-9-17(26-3)16(10-12)20-18(22)11-27-19(23)13(2)28-15-7-5-14(6-8-15)21(24)25/h4-10,13H,11H2,1-3H3,(H,20,22)/t13-/m0/s1. The van der Waals surface area contributed by atoms with Crippen LogP contribution in [0, 0.1) is 17.0 Å². The van der Waals surface area contributed by atoms with Gasteiger partial charge in [0.2, 0.25) is 0 Å². The average molecular weight is 404 g/mol. The summed E-state index contributed by atoms with van der Waals surface area (Å²) in [5.74, 6) is -0.535. The number of benzene rings is 2. The average Bonchev–Trinajstić information content (AvgIpc) is 2.66. The van der Waals surface area contributed by atoms with E-state index in [0.29, 0.717) is 16.3 Å². The fourth-order valence-electron chi connectivity index (χ4n) is 2.26. The second-order valence-electron chi connectivity index (χ2n) is 5.87. The van der Waals surface area contributed by atoms with E-state index < -0.39 is 28.7 Å². The van der Waals surface area contributed by atoms with Crippen LogP contribution in [0.25, 0.3) is 0 Å². The van der Waals surface area contributed by atoms with Gasteiger partial charge < -0.3 is 14.8 Å². The van der Waals surface area contributed by atoms with Gasteiger partial charge in [0.15, 0.2) is 6.61 Å². The first-order valence-electron chi connectivity index (χ1n) is 8.32. The highest BCUT2D eigenvalue weighted by molar-refractivity contribution is 8.00. The lowest BCUT2D eigenvalue weighted by molar-refractivity contribution is -0.384. The van der Waals surface area contributed by atoms with Crippen LogP contribution in [0.2, 0.25) is 0 Å². The SMILES string of the molecule is COc1ccc(C)cc1NC(=O)COC(=O)[C@H](C)Sc1ccc([N+](=O)[O-])cc1. The highest BCUT2D eigenvalue weighted by Crippen LogP contribution is 2.27. The number of anilines is 1. The molecule has 1 amide bonds. The van der Waals surface area contributed by atoms with E-state index >= 15 is 0 Å². The molecule has 0 aliphatic heterocycles. The smallest absolute Gasteiger partial charge is 0.319 e. The number of carbonyl (C=O) groups excluding carboxylic acids is 2. The first kappa shape index (κ1) is 21.2. The topological polar surface area (TPSA) is 108 Å². The van der Waals surface area contributed by atoms with Gasteiger partial charge in [-0.15, -0.1) is 11.8 Å². The molecular weight excluding hydrogens is 384 g/mol. The number of rotatable bonds is 8. The van der Waals surface area contributed by atoms with E-state index in [4.69, 9.17) is 9.47 Å². The summed E-state index contributed by atoms with van der Waals surface area (Å²) in [5.41, 5.74) is 1.42. The number of esters is 1. The van der Waals surface area contributed by atoms with Crippen LogP contribution in [0.5, 0.6) is 5.75 Å². The van der Waals surface area contributed by atoms with Crippen LogP contribution in [0.15, 0.2) is 47.4 Å². The lowest BCUT2D eigenvalue weighted by atomic mass is 10.2. The highest BCUT2D eigenvalue weighted by atomic mass is 32.2. The number of nitrogens with zero attached hydrogens (tertiary/aromatic N) is 1. The number of non-ortho nitro benzene ring substituents is 1. The van der Waals surface area contributed by atoms with E-state index in [1.54, 1.807) is 31.2 Å². The molecule has 2 rings (SSSR count). The summed E-state index contributed by atoms with van der Waals surface area (Å²) in [6.07, 6.45) is 0. The Labute approximate surface area is 166 Å². The molecule has 8 nitrogen and oxygen atoms in total.